The van der Waals surface area contributed by atoms with Crippen molar-refractivity contribution in [3.63, 3.8) is 0 Å². The van der Waals surface area contributed by atoms with E-state index in [1.807, 2.05) is 19.9 Å². The Balaban J connectivity index is 1.56. The van der Waals surface area contributed by atoms with E-state index < -0.39 is 35.0 Å². The van der Waals surface area contributed by atoms with Gasteiger partial charge < -0.3 is 19.3 Å². The molecule has 31 heavy (non-hydrogen) atoms. The zero-order valence-corrected chi connectivity index (χ0v) is 19.1. The predicted molar refractivity (Wildman–Crippen MR) is 113 cm³/mol. The van der Waals surface area contributed by atoms with E-state index in [9.17, 15) is 14.7 Å². The summed E-state index contributed by atoms with van der Waals surface area (Å²) in [5.41, 5.74) is -0.381. The van der Waals surface area contributed by atoms with Crippen molar-refractivity contribution in [1.29, 1.82) is 0 Å². The molecule has 0 bridgehead atoms. The Labute approximate surface area is 184 Å². The fourth-order valence-corrected chi connectivity index (χ4v) is 8.19. The van der Waals surface area contributed by atoms with Gasteiger partial charge in [0, 0.05) is 16.7 Å². The molecule has 0 unspecified atom stereocenters. The lowest BCUT2D eigenvalue weighted by Gasteiger charge is -2.60. The number of allylic oxidation sites excluding steroid dienone is 4. The van der Waals surface area contributed by atoms with Crippen molar-refractivity contribution in [1.82, 2.24) is 0 Å². The van der Waals surface area contributed by atoms with Gasteiger partial charge in [-0.15, -0.1) is 0 Å². The Morgan fingerprint density at radius 3 is 2.68 bits per heavy atom. The second-order valence-corrected chi connectivity index (χ2v) is 11.2. The number of fused-ring (bicyclic) bond motifs is 6. The molecule has 3 saturated carbocycles. The molecule has 5 rings (SSSR count). The van der Waals surface area contributed by atoms with Gasteiger partial charge in [-0.2, -0.15) is 0 Å². The van der Waals surface area contributed by atoms with Crippen LogP contribution < -0.4 is 0 Å². The van der Waals surface area contributed by atoms with Crippen LogP contribution in [0.25, 0.3) is 0 Å². The molecule has 6 nitrogen and oxygen atoms in total. The molecule has 1 spiro atoms. The van der Waals surface area contributed by atoms with Gasteiger partial charge in [0.1, 0.15) is 5.60 Å². The molecule has 1 aliphatic heterocycles. The van der Waals surface area contributed by atoms with Gasteiger partial charge >= 0.3 is 5.97 Å². The maximum atomic E-state index is 12.8. The molecular weight excluding hydrogens is 396 g/mol. The standard InChI is InChI=1S/C25H34O6/c1-22(2)30-20(21(28)29-5)25(31-22)11-9-17-16-7-6-14-12-15(26)8-10-23(14,3)19(16)18(27)13-24(17,25)4/h8,10,12,16-20,27H,6-7,9,11,13H2,1-5H3/t16-,17-,18-,19+,20-,23-,24-,25-/m0/s1. The molecule has 0 aromatic heterocycles. The molecule has 1 saturated heterocycles. The topological polar surface area (TPSA) is 82.1 Å². The predicted octanol–water partition coefficient (Wildman–Crippen LogP) is 3.33. The van der Waals surface area contributed by atoms with Gasteiger partial charge in [-0.25, -0.2) is 4.79 Å². The second kappa shape index (κ2) is 6.52. The molecule has 0 aromatic rings. The SMILES string of the molecule is COC(=O)[C@@H]1OC(C)(C)O[C@@]12CC[C@H]1[C@@H]3CCC4=CC(=O)C=C[C@]4(C)[C@H]3[C@@H](O)C[C@@]12C. The minimum atomic E-state index is -0.889. The summed E-state index contributed by atoms with van der Waals surface area (Å²) in [6.07, 6.45) is 8.08. The molecule has 4 aliphatic carbocycles. The summed E-state index contributed by atoms with van der Waals surface area (Å²) in [6, 6.07) is 0. The van der Waals surface area contributed by atoms with E-state index in [0.717, 1.165) is 24.8 Å². The van der Waals surface area contributed by atoms with Crippen molar-refractivity contribution >= 4 is 11.8 Å². The van der Waals surface area contributed by atoms with Crippen LogP contribution in [0.2, 0.25) is 0 Å². The number of carbonyl (C=O) groups excluding carboxylic acids is 2. The molecule has 0 amide bonds. The van der Waals surface area contributed by atoms with E-state index in [0.29, 0.717) is 24.7 Å². The monoisotopic (exact) mass is 430 g/mol. The van der Waals surface area contributed by atoms with Crippen LogP contribution in [-0.4, -0.2) is 47.6 Å². The third kappa shape index (κ3) is 2.67. The maximum absolute atomic E-state index is 12.8. The molecule has 170 valence electrons. The molecule has 8 atom stereocenters. The quantitative estimate of drug-likeness (QED) is 0.643. The number of carbonyl (C=O) groups is 2. The Morgan fingerprint density at radius 1 is 1.23 bits per heavy atom. The molecule has 4 fully saturated rings. The van der Waals surface area contributed by atoms with Crippen molar-refractivity contribution in [3.8, 4) is 0 Å². The van der Waals surface area contributed by atoms with Gasteiger partial charge in [0.25, 0.3) is 0 Å². The lowest BCUT2D eigenvalue weighted by molar-refractivity contribution is -0.210. The number of aliphatic hydroxyl groups is 1. The van der Waals surface area contributed by atoms with Crippen LogP contribution in [0, 0.1) is 28.6 Å². The number of methoxy groups -OCH3 is 1. The Hall–Kier alpha value is -1.50. The number of rotatable bonds is 1. The fraction of sp³-hybridized carbons (Fsp3) is 0.760. The van der Waals surface area contributed by atoms with Crippen molar-refractivity contribution in [2.45, 2.75) is 83.4 Å². The summed E-state index contributed by atoms with van der Waals surface area (Å²) < 4.78 is 17.8. The first-order chi connectivity index (χ1) is 14.5. The number of hydrogen-bond acceptors (Lipinski definition) is 6. The number of ether oxygens (including phenoxy) is 3. The first kappa shape index (κ1) is 21.4. The highest BCUT2D eigenvalue weighted by Gasteiger charge is 2.74. The Bertz CT molecular complexity index is 888. The summed E-state index contributed by atoms with van der Waals surface area (Å²) in [4.78, 5) is 24.8. The van der Waals surface area contributed by atoms with Gasteiger partial charge in [-0.05, 0) is 69.9 Å². The van der Waals surface area contributed by atoms with E-state index in [-0.39, 0.29) is 17.1 Å². The third-order valence-corrected chi connectivity index (χ3v) is 9.35. The molecule has 0 aromatic carbocycles. The molecule has 5 aliphatic rings. The summed E-state index contributed by atoms with van der Waals surface area (Å²) >= 11 is 0. The largest absolute Gasteiger partial charge is 0.467 e. The molecular formula is C25H34O6. The van der Waals surface area contributed by atoms with Crippen LogP contribution >= 0.6 is 0 Å². The lowest BCUT2D eigenvalue weighted by Crippen LogP contribution is -2.62. The Kier molecular flexibility index (Phi) is 4.49. The highest BCUT2D eigenvalue weighted by molar-refractivity contribution is 6.01. The van der Waals surface area contributed by atoms with E-state index in [1.54, 1.807) is 12.2 Å². The van der Waals surface area contributed by atoms with Crippen molar-refractivity contribution in [3.05, 3.63) is 23.8 Å². The fourth-order valence-electron chi connectivity index (χ4n) is 8.19. The van der Waals surface area contributed by atoms with Gasteiger partial charge in [0.2, 0.25) is 0 Å². The lowest BCUT2D eigenvalue weighted by atomic mass is 9.46. The van der Waals surface area contributed by atoms with Crippen LogP contribution in [0.15, 0.2) is 23.8 Å². The molecule has 1 N–H and O–H groups in total. The average molecular weight is 431 g/mol. The number of aliphatic hydroxyl groups excluding tert-OH is 1. The van der Waals surface area contributed by atoms with Crippen LogP contribution in [0.5, 0.6) is 0 Å². The highest BCUT2D eigenvalue weighted by atomic mass is 16.8. The zero-order valence-electron chi connectivity index (χ0n) is 19.1. The van der Waals surface area contributed by atoms with E-state index >= 15 is 0 Å². The van der Waals surface area contributed by atoms with Crippen LogP contribution in [-0.2, 0) is 23.8 Å². The summed E-state index contributed by atoms with van der Waals surface area (Å²) in [6.45, 7) is 8.04. The minimum Gasteiger partial charge on any atom is -0.467 e. The first-order valence-corrected chi connectivity index (χ1v) is 11.6. The van der Waals surface area contributed by atoms with Gasteiger partial charge in [0.15, 0.2) is 17.7 Å². The van der Waals surface area contributed by atoms with Gasteiger partial charge in [0.05, 0.1) is 13.2 Å². The van der Waals surface area contributed by atoms with Crippen molar-refractivity contribution < 1.29 is 28.9 Å². The van der Waals surface area contributed by atoms with E-state index in [2.05, 4.69) is 13.8 Å². The minimum absolute atomic E-state index is 0.0422. The van der Waals surface area contributed by atoms with E-state index in [1.165, 1.54) is 7.11 Å². The maximum Gasteiger partial charge on any atom is 0.338 e. The van der Waals surface area contributed by atoms with Crippen LogP contribution in [0.1, 0.15) is 59.8 Å². The Morgan fingerprint density at radius 2 is 1.97 bits per heavy atom. The van der Waals surface area contributed by atoms with Crippen molar-refractivity contribution in [2.24, 2.45) is 28.6 Å². The summed E-state index contributed by atoms with van der Waals surface area (Å²) in [5, 5.41) is 11.6. The first-order valence-electron chi connectivity index (χ1n) is 11.6. The van der Waals surface area contributed by atoms with Crippen LogP contribution in [0.4, 0.5) is 0 Å². The van der Waals surface area contributed by atoms with Crippen molar-refractivity contribution in [2.75, 3.05) is 7.11 Å². The normalized spacial score (nSPS) is 49.9. The number of esters is 1. The van der Waals surface area contributed by atoms with Gasteiger partial charge in [-0.1, -0.05) is 25.5 Å². The number of ketones is 1. The molecule has 0 radical (unpaired) electrons. The smallest absolute Gasteiger partial charge is 0.338 e. The van der Waals surface area contributed by atoms with Crippen LogP contribution in [0.3, 0.4) is 0 Å². The average Bonchev–Trinajstić information content (AvgIpc) is 3.14. The zero-order chi connectivity index (χ0) is 22.4. The summed E-state index contributed by atoms with van der Waals surface area (Å²) in [5.74, 6) is -0.607. The van der Waals surface area contributed by atoms with Gasteiger partial charge in [-0.3, -0.25) is 4.79 Å². The second-order valence-electron chi connectivity index (χ2n) is 11.2. The highest BCUT2D eigenvalue weighted by Crippen LogP contribution is 2.70. The van der Waals surface area contributed by atoms with E-state index in [4.69, 9.17) is 14.2 Å². The summed E-state index contributed by atoms with van der Waals surface area (Å²) in [7, 11) is 1.39. The molecule has 6 heteroatoms. The molecule has 1 heterocycles. The number of hydrogen-bond donors (Lipinski definition) is 1. The third-order valence-electron chi connectivity index (χ3n) is 9.35.